The molecule has 1 fully saturated rings. The molecule has 1 aliphatic rings. The molecule has 0 aliphatic carbocycles. The van der Waals surface area contributed by atoms with Crippen molar-refractivity contribution < 1.29 is 4.74 Å². The predicted octanol–water partition coefficient (Wildman–Crippen LogP) is 1.57. The van der Waals surface area contributed by atoms with E-state index < -0.39 is 0 Å². The molecule has 0 radical (unpaired) electrons. The van der Waals surface area contributed by atoms with E-state index in [4.69, 9.17) is 16.3 Å². The van der Waals surface area contributed by atoms with Crippen molar-refractivity contribution in [3.63, 3.8) is 0 Å². The van der Waals surface area contributed by atoms with Gasteiger partial charge in [-0.05, 0) is 37.9 Å². The number of aryl methyl sites for hydroxylation is 1. The fraction of sp³-hybridized carbons (Fsp3) is 0.600. The molecule has 4 nitrogen and oxygen atoms in total. The molecule has 1 atom stereocenters. The quantitative estimate of drug-likeness (QED) is 0.797. The second-order valence-electron chi connectivity index (χ2n) is 3.72. The third-order valence-corrected chi connectivity index (χ3v) is 2.57. The summed E-state index contributed by atoms with van der Waals surface area (Å²) in [5.74, 6) is 0.557. The van der Waals surface area contributed by atoms with Crippen LogP contribution in [0.3, 0.4) is 0 Å². The van der Waals surface area contributed by atoms with Gasteiger partial charge in [-0.1, -0.05) is 0 Å². The molecule has 0 saturated carbocycles. The van der Waals surface area contributed by atoms with Crippen LogP contribution in [0.25, 0.3) is 0 Å². The molecule has 0 bridgehead atoms. The fourth-order valence-electron chi connectivity index (χ4n) is 1.66. The van der Waals surface area contributed by atoms with Crippen molar-refractivity contribution in [3.8, 4) is 5.88 Å². The summed E-state index contributed by atoms with van der Waals surface area (Å²) in [5.41, 5.74) is 0.824. The van der Waals surface area contributed by atoms with Gasteiger partial charge >= 0.3 is 0 Å². The van der Waals surface area contributed by atoms with Crippen molar-refractivity contribution >= 4 is 11.6 Å². The first-order valence-corrected chi connectivity index (χ1v) is 5.49. The Bertz CT molecular complexity index is 319. The van der Waals surface area contributed by atoms with Gasteiger partial charge in [0.2, 0.25) is 11.2 Å². The van der Waals surface area contributed by atoms with E-state index in [1.54, 1.807) is 6.07 Å². The molecule has 2 heterocycles. The van der Waals surface area contributed by atoms with E-state index in [1.165, 1.54) is 6.42 Å². The molecule has 1 N–H and O–H groups in total. The van der Waals surface area contributed by atoms with E-state index in [9.17, 15) is 0 Å². The molecule has 5 heteroatoms. The Morgan fingerprint density at radius 1 is 1.60 bits per heavy atom. The highest BCUT2D eigenvalue weighted by atomic mass is 35.5. The topological polar surface area (TPSA) is 47.0 Å². The highest BCUT2D eigenvalue weighted by Crippen LogP contribution is 2.13. The van der Waals surface area contributed by atoms with Gasteiger partial charge in [0.1, 0.15) is 6.61 Å². The maximum Gasteiger partial charge on any atom is 0.225 e. The Morgan fingerprint density at radius 3 is 3.13 bits per heavy atom. The molecule has 1 aliphatic heterocycles. The third-order valence-electron chi connectivity index (χ3n) is 2.40. The molecule has 82 valence electrons. The van der Waals surface area contributed by atoms with Crippen LogP contribution in [0.15, 0.2) is 6.07 Å². The highest BCUT2D eigenvalue weighted by molar-refractivity contribution is 6.28. The van der Waals surface area contributed by atoms with Gasteiger partial charge < -0.3 is 10.1 Å². The number of ether oxygens (including phenoxy) is 1. The largest absolute Gasteiger partial charge is 0.476 e. The van der Waals surface area contributed by atoms with Crippen molar-refractivity contribution in [2.75, 3.05) is 13.2 Å². The maximum atomic E-state index is 5.73. The molecular formula is C10H14ClN3O. The number of rotatable bonds is 3. The monoisotopic (exact) mass is 227 g/mol. The minimum absolute atomic E-state index is 0.240. The second-order valence-corrected chi connectivity index (χ2v) is 4.06. The smallest absolute Gasteiger partial charge is 0.225 e. The van der Waals surface area contributed by atoms with Gasteiger partial charge in [0.25, 0.3) is 0 Å². The van der Waals surface area contributed by atoms with Crippen LogP contribution in [-0.4, -0.2) is 29.2 Å². The van der Waals surface area contributed by atoms with Crippen LogP contribution in [0.5, 0.6) is 5.88 Å². The first kappa shape index (κ1) is 10.6. The molecule has 15 heavy (non-hydrogen) atoms. The summed E-state index contributed by atoms with van der Waals surface area (Å²) in [5, 5.41) is 3.59. The number of hydrogen-bond acceptors (Lipinski definition) is 4. The van der Waals surface area contributed by atoms with Crippen LogP contribution >= 0.6 is 11.6 Å². The SMILES string of the molecule is Cc1cc(OC[C@H]2CCCN2)nc(Cl)n1. The number of halogens is 1. The zero-order valence-electron chi connectivity index (χ0n) is 8.66. The summed E-state index contributed by atoms with van der Waals surface area (Å²) in [6.07, 6.45) is 2.38. The van der Waals surface area contributed by atoms with Gasteiger partial charge in [0.15, 0.2) is 0 Å². The average Bonchev–Trinajstić information content (AvgIpc) is 2.65. The van der Waals surface area contributed by atoms with Crippen LogP contribution in [0.2, 0.25) is 5.28 Å². The molecule has 1 aromatic rings. The summed E-state index contributed by atoms with van der Waals surface area (Å²) in [4.78, 5) is 7.97. The summed E-state index contributed by atoms with van der Waals surface area (Å²) >= 11 is 5.73. The van der Waals surface area contributed by atoms with Crippen LogP contribution in [0.4, 0.5) is 0 Å². The molecule has 0 unspecified atom stereocenters. The van der Waals surface area contributed by atoms with Crippen LogP contribution < -0.4 is 10.1 Å². The predicted molar refractivity (Wildman–Crippen MR) is 58.3 cm³/mol. The van der Waals surface area contributed by atoms with Gasteiger partial charge in [-0.2, -0.15) is 4.98 Å². The average molecular weight is 228 g/mol. The summed E-state index contributed by atoms with van der Waals surface area (Å²) in [6, 6.07) is 2.24. The Kier molecular flexibility index (Phi) is 3.38. The lowest BCUT2D eigenvalue weighted by Crippen LogP contribution is -2.28. The third kappa shape index (κ3) is 3.04. The summed E-state index contributed by atoms with van der Waals surface area (Å²) in [7, 11) is 0. The number of aromatic nitrogens is 2. The maximum absolute atomic E-state index is 5.73. The number of nitrogens with zero attached hydrogens (tertiary/aromatic N) is 2. The van der Waals surface area contributed by atoms with E-state index in [0.717, 1.165) is 18.7 Å². The lowest BCUT2D eigenvalue weighted by Gasteiger charge is -2.11. The lowest BCUT2D eigenvalue weighted by molar-refractivity contribution is 0.267. The van der Waals surface area contributed by atoms with Gasteiger partial charge in [0, 0.05) is 17.8 Å². The van der Waals surface area contributed by atoms with Crippen LogP contribution in [0, 0.1) is 6.92 Å². The summed E-state index contributed by atoms with van der Waals surface area (Å²) < 4.78 is 5.55. The second kappa shape index (κ2) is 4.77. The number of nitrogens with one attached hydrogen (secondary N) is 1. The summed E-state index contributed by atoms with van der Waals surface area (Å²) in [6.45, 7) is 3.60. The molecular weight excluding hydrogens is 214 g/mol. The zero-order chi connectivity index (χ0) is 10.7. The lowest BCUT2D eigenvalue weighted by atomic mass is 10.2. The molecule has 0 aromatic carbocycles. The van der Waals surface area contributed by atoms with Crippen molar-refractivity contribution in [2.24, 2.45) is 0 Å². The van der Waals surface area contributed by atoms with Gasteiger partial charge in [0.05, 0.1) is 0 Å². The Morgan fingerprint density at radius 2 is 2.47 bits per heavy atom. The Hall–Kier alpha value is -0.870. The van der Waals surface area contributed by atoms with E-state index in [-0.39, 0.29) is 5.28 Å². The van der Waals surface area contributed by atoms with E-state index in [1.807, 2.05) is 6.92 Å². The van der Waals surface area contributed by atoms with E-state index in [0.29, 0.717) is 18.5 Å². The van der Waals surface area contributed by atoms with Crippen molar-refractivity contribution in [2.45, 2.75) is 25.8 Å². The molecule has 1 aromatic heterocycles. The molecule has 0 spiro atoms. The van der Waals surface area contributed by atoms with E-state index in [2.05, 4.69) is 15.3 Å². The van der Waals surface area contributed by atoms with E-state index >= 15 is 0 Å². The zero-order valence-corrected chi connectivity index (χ0v) is 9.42. The van der Waals surface area contributed by atoms with Crippen molar-refractivity contribution in [3.05, 3.63) is 17.0 Å². The Balaban J connectivity index is 1.92. The Labute approximate surface area is 94.0 Å². The minimum atomic E-state index is 0.240. The first-order chi connectivity index (χ1) is 7.24. The fourth-order valence-corrected chi connectivity index (χ4v) is 1.88. The first-order valence-electron chi connectivity index (χ1n) is 5.11. The van der Waals surface area contributed by atoms with Crippen LogP contribution in [-0.2, 0) is 0 Å². The van der Waals surface area contributed by atoms with Gasteiger partial charge in [-0.15, -0.1) is 0 Å². The highest BCUT2D eigenvalue weighted by Gasteiger charge is 2.14. The normalized spacial score (nSPS) is 20.5. The number of hydrogen-bond donors (Lipinski definition) is 1. The molecule has 0 amide bonds. The van der Waals surface area contributed by atoms with Gasteiger partial charge in [-0.3, -0.25) is 0 Å². The van der Waals surface area contributed by atoms with Crippen molar-refractivity contribution in [1.29, 1.82) is 0 Å². The van der Waals surface area contributed by atoms with Crippen LogP contribution in [0.1, 0.15) is 18.5 Å². The van der Waals surface area contributed by atoms with Crippen molar-refractivity contribution in [1.82, 2.24) is 15.3 Å². The standard InChI is InChI=1S/C10H14ClN3O/c1-7-5-9(14-10(11)13-7)15-6-8-3-2-4-12-8/h5,8,12H,2-4,6H2,1H3/t8-/m1/s1. The minimum Gasteiger partial charge on any atom is -0.476 e. The van der Waals surface area contributed by atoms with Gasteiger partial charge in [-0.25, -0.2) is 4.98 Å². The molecule has 2 rings (SSSR count). The molecule has 1 saturated heterocycles.